The molecule has 0 saturated carbocycles. The van der Waals surface area contributed by atoms with Crippen LogP contribution in [0.25, 0.3) is 11.1 Å². The van der Waals surface area contributed by atoms with Crippen LogP contribution in [0, 0.1) is 18.3 Å². The van der Waals surface area contributed by atoms with Gasteiger partial charge in [-0.2, -0.15) is 13.7 Å². The molecule has 0 radical (unpaired) electrons. The average Bonchev–Trinajstić information content (AvgIpc) is 3.14. The van der Waals surface area contributed by atoms with Crippen molar-refractivity contribution in [3.63, 3.8) is 0 Å². The van der Waals surface area contributed by atoms with Gasteiger partial charge in [0.05, 0.1) is 28.6 Å². The third-order valence-electron chi connectivity index (χ3n) is 8.86. The summed E-state index contributed by atoms with van der Waals surface area (Å²) in [7, 11) is -1.92. The second kappa shape index (κ2) is 17.8. The number of benzene rings is 3. The average molecular weight is 761 g/mol. The molecule has 13 heteroatoms. The zero-order chi connectivity index (χ0) is 38.1. The molecule has 0 saturated heterocycles. The molecule has 0 fully saturated rings. The first-order chi connectivity index (χ1) is 25.4. The molecule has 1 aliphatic rings. The minimum atomic E-state index is -3.78. The maximum Gasteiger partial charge on any atom is 0.268 e. The summed E-state index contributed by atoms with van der Waals surface area (Å²) in [5.41, 5.74) is 5.88. The Kier molecular flexibility index (Phi) is 13.2. The molecule has 1 unspecified atom stereocenters. The molecule has 4 aromatic rings. The highest BCUT2D eigenvalue weighted by atomic mass is 35.5. The first kappa shape index (κ1) is 39.4. The van der Waals surface area contributed by atoms with Crippen molar-refractivity contribution < 1.29 is 31.5 Å². The molecule has 0 spiro atoms. The van der Waals surface area contributed by atoms with E-state index in [1.807, 2.05) is 54.1 Å². The predicted molar refractivity (Wildman–Crippen MR) is 205 cm³/mol. The smallest absolute Gasteiger partial charge is 0.268 e. The van der Waals surface area contributed by atoms with E-state index >= 15 is 0 Å². The molecular weight excluding hydrogens is 716 g/mol. The lowest BCUT2D eigenvalue weighted by Crippen LogP contribution is -2.44. The van der Waals surface area contributed by atoms with Gasteiger partial charge >= 0.3 is 0 Å². The van der Waals surface area contributed by atoms with Crippen LogP contribution >= 0.6 is 11.6 Å². The standard InChI is InChI=1S/C40H45ClN4O7S/c1-7-44(6)29(5)45(13-16-53(46,47)52-27(2)3)24-34-18-36(41)39(20-38(34)50-25-31-17-30(21-42)22-43-23-31)51-26-33-9-8-10-35(28(33)4)32-11-12-37-40(19-32)49-15-14-48-37/h7-12,17-20,22-23,27,29H,1,13-16,24-26H2,2-6H3. The number of aromatic nitrogens is 1. The third-order valence-corrected chi connectivity index (χ3v) is 10.5. The van der Waals surface area contributed by atoms with Gasteiger partial charge in [0, 0.05) is 49.7 Å². The minimum absolute atomic E-state index is 0.117. The summed E-state index contributed by atoms with van der Waals surface area (Å²) in [6.07, 6.45) is 4.09. The highest BCUT2D eigenvalue weighted by molar-refractivity contribution is 7.86. The van der Waals surface area contributed by atoms with Crippen LogP contribution in [0.5, 0.6) is 23.0 Å². The summed E-state index contributed by atoms with van der Waals surface area (Å²) < 4.78 is 54.9. The number of pyridine rings is 1. The zero-order valence-electron chi connectivity index (χ0n) is 30.7. The van der Waals surface area contributed by atoms with Crippen LogP contribution in [0.15, 0.2) is 79.8 Å². The number of fused-ring (bicyclic) bond motifs is 1. The number of ether oxygens (including phenoxy) is 4. The topological polar surface area (TPSA) is 123 Å². The molecular formula is C40H45ClN4O7S. The summed E-state index contributed by atoms with van der Waals surface area (Å²) in [6, 6.07) is 19.3. The van der Waals surface area contributed by atoms with Gasteiger partial charge in [-0.05, 0) is 80.4 Å². The highest BCUT2D eigenvalue weighted by Gasteiger charge is 2.24. The van der Waals surface area contributed by atoms with Crippen molar-refractivity contribution in [3.8, 4) is 40.2 Å². The number of hydrogen-bond acceptors (Lipinski definition) is 11. The first-order valence-corrected chi connectivity index (χ1v) is 19.2. The van der Waals surface area contributed by atoms with Gasteiger partial charge in [0.1, 0.15) is 44.0 Å². The van der Waals surface area contributed by atoms with Gasteiger partial charge in [-0.1, -0.05) is 42.4 Å². The van der Waals surface area contributed by atoms with Crippen LogP contribution in [0.1, 0.15) is 48.6 Å². The molecule has 0 amide bonds. The largest absolute Gasteiger partial charge is 0.488 e. The van der Waals surface area contributed by atoms with Gasteiger partial charge in [0.15, 0.2) is 11.5 Å². The van der Waals surface area contributed by atoms with E-state index in [9.17, 15) is 13.7 Å². The molecule has 0 N–H and O–H groups in total. The lowest BCUT2D eigenvalue weighted by atomic mass is 9.96. The second-order valence-corrected chi connectivity index (χ2v) is 15.1. The molecule has 1 atom stereocenters. The van der Waals surface area contributed by atoms with E-state index in [1.54, 1.807) is 44.4 Å². The third kappa shape index (κ3) is 10.4. The molecule has 280 valence electrons. The van der Waals surface area contributed by atoms with Crippen LogP contribution < -0.4 is 18.9 Å². The number of nitriles is 1. The van der Waals surface area contributed by atoms with Crippen molar-refractivity contribution in [2.45, 2.75) is 59.7 Å². The summed E-state index contributed by atoms with van der Waals surface area (Å²) in [5, 5.41) is 9.75. The second-order valence-electron chi connectivity index (χ2n) is 13.0. The molecule has 2 heterocycles. The van der Waals surface area contributed by atoms with Crippen LogP contribution in [0.3, 0.4) is 0 Å². The fourth-order valence-electron chi connectivity index (χ4n) is 5.85. The highest BCUT2D eigenvalue weighted by Crippen LogP contribution is 2.38. The predicted octanol–water partition coefficient (Wildman–Crippen LogP) is 7.49. The number of rotatable bonds is 17. The monoisotopic (exact) mass is 760 g/mol. The zero-order valence-corrected chi connectivity index (χ0v) is 32.2. The van der Waals surface area contributed by atoms with Crippen molar-refractivity contribution in [1.29, 1.82) is 5.26 Å². The molecule has 0 aliphatic carbocycles. The Hall–Kier alpha value is -4.80. The van der Waals surface area contributed by atoms with E-state index in [0.717, 1.165) is 33.8 Å². The minimum Gasteiger partial charge on any atom is -0.488 e. The SMILES string of the molecule is C=CN(C)C(C)N(CCS(=O)(=O)OC(C)C)Cc1cc(Cl)c(OCc2cccc(-c3ccc4c(c3)OCCO4)c2C)cc1OCc1cncc(C#N)c1. The van der Waals surface area contributed by atoms with Gasteiger partial charge in [0.2, 0.25) is 0 Å². The molecule has 5 rings (SSSR count). The summed E-state index contributed by atoms with van der Waals surface area (Å²) in [5.74, 6) is 2.13. The number of halogens is 1. The van der Waals surface area contributed by atoms with E-state index < -0.39 is 16.2 Å². The van der Waals surface area contributed by atoms with Crippen molar-refractivity contribution in [3.05, 3.63) is 113 Å². The molecule has 3 aromatic carbocycles. The maximum absolute atomic E-state index is 12.7. The maximum atomic E-state index is 12.7. The van der Waals surface area contributed by atoms with Gasteiger partial charge in [-0.3, -0.25) is 14.1 Å². The number of nitrogens with zero attached hydrogens (tertiary/aromatic N) is 4. The van der Waals surface area contributed by atoms with E-state index in [0.29, 0.717) is 46.4 Å². The Bertz CT molecular complexity index is 2070. The Morgan fingerprint density at radius 3 is 2.49 bits per heavy atom. The fourth-order valence-corrected chi connectivity index (χ4v) is 7.23. The fraction of sp³-hybridized carbons (Fsp3) is 0.350. The van der Waals surface area contributed by atoms with Crippen LogP contribution in [0.2, 0.25) is 5.02 Å². The van der Waals surface area contributed by atoms with Crippen molar-refractivity contribution in [1.82, 2.24) is 14.8 Å². The quantitative estimate of drug-likeness (QED) is 0.0786. The lowest BCUT2D eigenvalue weighted by molar-refractivity contribution is 0.105. The van der Waals surface area contributed by atoms with Crippen molar-refractivity contribution in [2.75, 3.05) is 32.6 Å². The Morgan fingerprint density at radius 1 is 1.00 bits per heavy atom. The lowest BCUT2D eigenvalue weighted by Gasteiger charge is -2.35. The van der Waals surface area contributed by atoms with E-state index in [4.69, 9.17) is 34.7 Å². The Morgan fingerprint density at radius 2 is 1.75 bits per heavy atom. The van der Waals surface area contributed by atoms with Crippen LogP contribution in [0.4, 0.5) is 0 Å². The van der Waals surface area contributed by atoms with Gasteiger partial charge < -0.3 is 23.8 Å². The van der Waals surface area contributed by atoms with E-state index in [-0.39, 0.29) is 38.2 Å². The van der Waals surface area contributed by atoms with Crippen molar-refractivity contribution in [2.24, 2.45) is 0 Å². The van der Waals surface area contributed by atoms with Crippen LogP contribution in [-0.4, -0.2) is 68.0 Å². The number of hydrogen-bond donors (Lipinski definition) is 0. The van der Waals surface area contributed by atoms with E-state index in [1.165, 1.54) is 6.20 Å². The van der Waals surface area contributed by atoms with E-state index in [2.05, 4.69) is 30.6 Å². The van der Waals surface area contributed by atoms with Gasteiger partial charge in [0.25, 0.3) is 10.1 Å². The molecule has 11 nitrogen and oxygen atoms in total. The molecule has 53 heavy (non-hydrogen) atoms. The summed E-state index contributed by atoms with van der Waals surface area (Å²) >= 11 is 6.91. The van der Waals surface area contributed by atoms with Crippen LogP contribution in [-0.2, 0) is 34.1 Å². The Labute approximate surface area is 317 Å². The molecule has 1 aliphatic heterocycles. The molecule has 0 bridgehead atoms. The molecule has 1 aromatic heterocycles. The first-order valence-electron chi connectivity index (χ1n) is 17.3. The summed E-state index contributed by atoms with van der Waals surface area (Å²) in [6.45, 7) is 13.1. The Balaban J connectivity index is 1.43. The van der Waals surface area contributed by atoms with Gasteiger partial charge in [-0.15, -0.1) is 0 Å². The van der Waals surface area contributed by atoms with Gasteiger partial charge in [-0.25, -0.2) is 0 Å². The normalized spacial score (nSPS) is 13.0. The summed E-state index contributed by atoms with van der Waals surface area (Å²) in [4.78, 5) is 8.02. The van der Waals surface area contributed by atoms with Crippen molar-refractivity contribution >= 4 is 21.7 Å².